The number of rotatable bonds is 5. The molecule has 1 aliphatic heterocycles. The fourth-order valence-corrected chi connectivity index (χ4v) is 3.99. The molecule has 2 heterocycles. The van der Waals surface area contributed by atoms with Gasteiger partial charge in [-0.1, -0.05) is 48.5 Å². The first kappa shape index (κ1) is 20.0. The van der Waals surface area contributed by atoms with E-state index in [2.05, 4.69) is 15.6 Å². The number of carbonyl (C=O) groups excluding carboxylic acids is 2. The number of aromatic nitrogens is 1. The van der Waals surface area contributed by atoms with E-state index in [1.165, 1.54) is 7.11 Å². The Bertz CT molecular complexity index is 1050. The fourth-order valence-electron chi connectivity index (χ4n) is 3.99. The standard InChI is InChI=1S/C23H25N3O4/c1-14(24-23(28)30-13-15-8-4-3-5-9-15)20-21-17(12-19(26-20)22(27)29-2)16-10-6-7-11-18(16)25-21/h3-11,14,19-20,25-26H,12-13H2,1-2H3,(H,24,28)/t14-,19+,20+/m1/s1. The van der Waals surface area contributed by atoms with Gasteiger partial charge in [0.25, 0.3) is 0 Å². The lowest BCUT2D eigenvalue weighted by Crippen LogP contribution is -2.52. The van der Waals surface area contributed by atoms with Crippen molar-refractivity contribution in [3.05, 3.63) is 71.4 Å². The van der Waals surface area contributed by atoms with Crippen LogP contribution in [0.2, 0.25) is 0 Å². The number of amides is 1. The molecule has 0 aliphatic carbocycles. The molecule has 0 spiro atoms. The third-order valence-corrected chi connectivity index (χ3v) is 5.49. The van der Waals surface area contributed by atoms with E-state index in [4.69, 9.17) is 9.47 Å². The Labute approximate surface area is 174 Å². The van der Waals surface area contributed by atoms with Gasteiger partial charge < -0.3 is 19.8 Å². The number of hydrogen-bond donors (Lipinski definition) is 3. The Kier molecular flexibility index (Phi) is 5.72. The van der Waals surface area contributed by atoms with Crippen LogP contribution in [0.1, 0.15) is 29.8 Å². The Morgan fingerprint density at radius 2 is 1.87 bits per heavy atom. The SMILES string of the molecule is COC(=O)[C@@H]1Cc2c([nH]c3ccccc23)[C@H]([C@@H](C)NC(=O)OCc2ccccc2)N1. The lowest BCUT2D eigenvalue weighted by atomic mass is 9.91. The molecule has 30 heavy (non-hydrogen) atoms. The lowest BCUT2D eigenvalue weighted by molar-refractivity contribution is -0.143. The van der Waals surface area contributed by atoms with E-state index in [1.54, 1.807) is 0 Å². The summed E-state index contributed by atoms with van der Waals surface area (Å²) in [6.45, 7) is 2.08. The Morgan fingerprint density at radius 3 is 2.63 bits per heavy atom. The molecule has 1 amide bonds. The van der Waals surface area contributed by atoms with E-state index in [0.717, 1.165) is 27.7 Å². The first-order valence-corrected chi connectivity index (χ1v) is 9.97. The Hall–Kier alpha value is -3.32. The van der Waals surface area contributed by atoms with Crippen molar-refractivity contribution >= 4 is 23.0 Å². The van der Waals surface area contributed by atoms with E-state index in [9.17, 15) is 9.59 Å². The average Bonchev–Trinajstić information content (AvgIpc) is 3.15. The van der Waals surface area contributed by atoms with Crippen LogP contribution in [-0.4, -0.2) is 36.2 Å². The summed E-state index contributed by atoms with van der Waals surface area (Å²) >= 11 is 0. The number of ether oxygens (including phenoxy) is 2. The molecule has 4 rings (SSSR count). The van der Waals surface area contributed by atoms with Gasteiger partial charge in [0.2, 0.25) is 0 Å². The summed E-state index contributed by atoms with van der Waals surface area (Å²) < 4.78 is 10.3. The number of hydrogen-bond acceptors (Lipinski definition) is 5. The van der Waals surface area contributed by atoms with Crippen molar-refractivity contribution in [2.45, 2.75) is 38.1 Å². The third kappa shape index (κ3) is 4.02. The number of H-pyrrole nitrogens is 1. The molecule has 3 aromatic rings. The highest BCUT2D eigenvalue weighted by atomic mass is 16.5. The van der Waals surface area contributed by atoms with E-state index in [0.29, 0.717) is 6.42 Å². The summed E-state index contributed by atoms with van der Waals surface area (Å²) in [5, 5.41) is 7.29. The molecule has 1 aromatic heterocycles. The van der Waals surface area contributed by atoms with Crippen molar-refractivity contribution in [2.75, 3.05) is 7.11 Å². The van der Waals surface area contributed by atoms with Crippen LogP contribution in [0.15, 0.2) is 54.6 Å². The van der Waals surface area contributed by atoms with Crippen LogP contribution in [0.5, 0.6) is 0 Å². The van der Waals surface area contributed by atoms with E-state index in [1.807, 2.05) is 61.5 Å². The van der Waals surface area contributed by atoms with Crippen molar-refractivity contribution in [2.24, 2.45) is 0 Å². The number of alkyl carbamates (subject to hydrolysis) is 1. The third-order valence-electron chi connectivity index (χ3n) is 5.49. The van der Waals surface area contributed by atoms with Crippen LogP contribution in [-0.2, 0) is 27.3 Å². The van der Waals surface area contributed by atoms with E-state index in [-0.39, 0.29) is 24.7 Å². The second kappa shape index (κ2) is 8.59. The van der Waals surface area contributed by atoms with Crippen LogP contribution in [0, 0.1) is 0 Å². The average molecular weight is 407 g/mol. The summed E-state index contributed by atoms with van der Waals surface area (Å²) in [5.41, 5.74) is 3.95. The molecule has 1 aliphatic rings. The number of nitrogens with one attached hydrogen (secondary N) is 3. The highest BCUT2D eigenvalue weighted by molar-refractivity contribution is 5.87. The summed E-state index contributed by atoms with van der Waals surface area (Å²) in [5.74, 6) is -0.324. The van der Waals surface area contributed by atoms with Crippen LogP contribution in [0.25, 0.3) is 10.9 Å². The molecular weight excluding hydrogens is 382 g/mol. The molecule has 156 valence electrons. The quantitative estimate of drug-likeness (QED) is 0.565. The molecule has 7 nitrogen and oxygen atoms in total. The fraction of sp³-hybridized carbons (Fsp3) is 0.304. The molecule has 3 atom stereocenters. The van der Waals surface area contributed by atoms with Crippen molar-refractivity contribution in [1.29, 1.82) is 0 Å². The zero-order valence-corrected chi connectivity index (χ0v) is 17.0. The molecule has 0 saturated carbocycles. The van der Waals surface area contributed by atoms with Crippen molar-refractivity contribution in [3.63, 3.8) is 0 Å². The Morgan fingerprint density at radius 1 is 1.13 bits per heavy atom. The number of aromatic amines is 1. The minimum absolute atomic E-state index is 0.194. The molecule has 0 bridgehead atoms. The predicted molar refractivity (Wildman–Crippen MR) is 113 cm³/mol. The van der Waals surface area contributed by atoms with Crippen LogP contribution in [0.3, 0.4) is 0 Å². The maximum absolute atomic E-state index is 12.4. The second-order valence-electron chi connectivity index (χ2n) is 7.48. The van der Waals surface area contributed by atoms with Crippen molar-refractivity contribution in [3.8, 4) is 0 Å². The maximum Gasteiger partial charge on any atom is 0.407 e. The molecule has 0 fully saturated rings. The monoisotopic (exact) mass is 407 g/mol. The van der Waals surface area contributed by atoms with Crippen LogP contribution < -0.4 is 10.6 Å². The highest BCUT2D eigenvalue weighted by Crippen LogP contribution is 2.33. The number of carbonyl (C=O) groups is 2. The van der Waals surface area contributed by atoms with Crippen LogP contribution >= 0.6 is 0 Å². The van der Waals surface area contributed by atoms with Gasteiger partial charge in [-0.05, 0) is 24.1 Å². The first-order chi connectivity index (χ1) is 14.6. The summed E-state index contributed by atoms with van der Waals surface area (Å²) in [7, 11) is 1.38. The van der Waals surface area contributed by atoms with Crippen LogP contribution in [0.4, 0.5) is 4.79 Å². The summed E-state index contributed by atoms with van der Waals surface area (Å²) in [4.78, 5) is 28.1. The minimum Gasteiger partial charge on any atom is -0.468 e. The number of esters is 1. The molecule has 3 N–H and O–H groups in total. The summed E-state index contributed by atoms with van der Waals surface area (Å²) in [6, 6.07) is 16.4. The van der Waals surface area contributed by atoms with Crippen molar-refractivity contribution < 1.29 is 19.1 Å². The second-order valence-corrected chi connectivity index (χ2v) is 7.48. The molecule has 0 radical (unpaired) electrons. The maximum atomic E-state index is 12.4. The van der Waals surface area contributed by atoms with Gasteiger partial charge in [-0.15, -0.1) is 0 Å². The lowest BCUT2D eigenvalue weighted by Gasteiger charge is -2.33. The normalized spacial score (nSPS) is 19.0. The van der Waals surface area contributed by atoms with Gasteiger partial charge in [0.05, 0.1) is 19.2 Å². The predicted octanol–water partition coefficient (Wildman–Crippen LogP) is 3.21. The number of benzene rings is 2. The van der Waals surface area contributed by atoms with Gasteiger partial charge in [0, 0.05) is 23.0 Å². The molecule has 7 heteroatoms. The zero-order chi connectivity index (χ0) is 21.1. The van der Waals surface area contributed by atoms with Gasteiger partial charge in [-0.3, -0.25) is 10.1 Å². The van der Waals surface area contributed by atoms with E-state index >= 15 is 0 Å². The molecule has 0 unspecified atom stereocenters. The minimum atomic E-state index is -0.508. The Balaban J connectivity index is 1.53. The largest absolute Gasteiger partial charge is 0.468 e. The first-order valence-electron chi connectivity index (χ1n) is 9.97. The highest BCUT2D eigenvalue weighted by Gasteiger charge is 2.36. The van der Waals surface area contributed by atoms with Gasteiger partial charge in [-0.2, -0.15) is 0 Å². The molecule has 2 aromatic carbocycles. The number of para-hydroxylation sites is 1. The van der Waals surface area contributed by atoms with E-state index < -0.39 is 12.1 Å². The molecular formula is C23H25N3O4. The van der Waals surface area contributed by atoms with Gasteiger partial charge in [0.15, 0.2) is 0 Å². The number of methoxy groups -OCH3 is 1. The summed E-state index contributed by atoms with van der Waals surface area (Å²) in [6.07, 6.45) is 0.0132. The number of fused-ring (bicyclic) bond motifs is 3. The topological polar surface area (TPSA) is 92.5 Å². The zero-order valence-electron chi connectivity index (χ0n) is 17.0. The van der Waals surface area contributed by atoms with Gasteiger partial charge >= 0.3 is 12.1 Å². The van der Waals surface area contributed by atoms with Crippen molar-refractivity contribution in [1.82, 2.24) is 15.6 Å². The van der Waals surface area contributed by atoms with Gasteiger partial charge in [0.1, 0.15) is 12.6 Å². The van der Waals surface area contributed by atoms with Gasteiger partial charge in [-0.25, -0.2) is 4.79 Å². The smallest absolute Gasteiger partial charge is 0.407 e. The molecule has 0 saturated heterocycles.